The van der Waals surface area contributed by atoms with Gasteiger partial charge in [0.25, 0.3) is 11.8 Å². The standard InChI is InChI=1S/C48H44N10O2S2/c1-29(2)37-19-17-35-43(55-37)51-27-53-45(35)57-39-25-31(15-21-41(39)61-33-11-7-5-8-12-33)47(59)49-23-24-50-48(60)32-16-22-42(62-34-13-9-6-10-14-34)40(26-32)58-46-36-18-20-38(30(3)4)56-44(36)52-28-54-46/h5-22,25-30H,23-24H2,1-4H3,(H,49,59)(H,50,60)(H,51,53,55,57)(H,52,54,56,58). The highest BCUT2D eigenvalue weighted by Crippen LogP contribution is 2.38. The summed E-state index contributed by atoms with van der Waals surface area (Å²) in [5, 5.41) is 14.4. The van der Waals surface area contributed by atoms with Crippen molar-refractivity contribution in [3.8, 4) is 0 Å². The minimum Gasteiger partial charge on any atom is -0.350 e. The van der Waals surface area contributed by atoms with E-state index in [-0.39, 0.29) is 36.7 Å². The Balaban J connectivity index is 0.969. The molecule has 0 aliphatic carbocycles. The Morgan fingerprint density at radius 2 is 0.935 bits per heavy atom. The van der Waals surface area contributed by atoms with Crippen molar-refractivity contribution in [1.82, 2.24) is 40.5 Å². The van der Waals surface area contributed by atoms with Crippen LogP contribution < -0.4 is 21.3 Å². The third-order valence-electron chi connectivity index (χ3n) is 9.85. The van der Waals surface area contributed by atoms with Crippen LogP contribution in [0.15, 0.2) is 154 Å². The zero-order valence-electron chi connectivity index (χ0n) is 34.6. The molecule has 0 atom stereocenters. The van der Waals surface area contributed by atoms with Crippen molar-refractivity contribution in [2.24, 2.45) is 0 Å². The van der Waals surface area contributed by atoms with E-state index >= 15 is 0 Å². The Kier molecular flexibility index (Phi) is 13.0. The van der Waals surface area contributed by atoms with Crippen molar-refractivity contribution in [1.29, 1.82) is 0 Å². The first-order chi connectivity index (χ1) is 30.2. The number of anilines is 4. The quantitative estimate of drug-likeness (QED) is 0.0724. The van der Waals surface area contributed by atoms with Gasteiger partial charge >= 0.3 is 0 Å². The topological polar surface area (TPSA) is 160 Å². The summed E-state index contributed by atoms with van der Waals surface area (Å²) in [6.45, 7) is 8.78. The number of carbonyl (C=O) groups is 2. The molecule has 0 saturated heterocycles. The minimum atomic E-state index is -0.282. The predicted molar refractivity (Wildman–Crippen MR) is 248 cm³/mol. The molecule has 0 aliphatic rings. The highest BCUT2D eigenvalue weighted by molar-refractivity contribution is 7.99. The number of pyridine rings is 2. The van der Waals surface area contributed by atoms with Gasteiger partial charge in [-0.1, -0.05) is 87.6 Å². The van der Waals surface area contributed by atoms with Crippen molar-refractivity contribution < 1.29 is 9.59 Å². The Bertz CT molecular complexity index is 2680. The van der Waals surface area contributed by atoms with Crippen LogP contribution in [0.4, 0.5) is 23.0 Å². The highest BCUT2D eigenvalue weighted by atomic mass is 32.2. The normalized spacial score (nSPS) is 11.3. The first-order valence-electron chi connectivity index (χ1n) is 20.3. The lowest BCUT2D eigenvalue weighted by atomic mass is 10.1. The lowest BCUT2D eigenvalue weighted by molar-refractivity contribution is 0.0927. The van der Waals surface area contributed by atoms with Crippen LogP contribution in [0.25, 0.3) is 22.1 Å². The number of hydrogen-bond acceptors (Lipinski definition) is 12. The lowest BCUT2D eigenvalue weighted by Gasteiger charge is -2.15. The number of benzene rings is 4. The van der Waals surface area contributed by atoms with Gasteiger partial charge in [0.05, 0.1) is 22.1 Å². The van der Waals surface area contributed by atoms with Crippen molar-refractivity contribution >= 4 is 80.4 Å². The van der Waals surface area contributed by atoms with E-state index in [1.54, 1.807) is 35.7 Å². The molecule has 14 heteroatoms. The van der Waals surface area contributed by atoms with Gasteiger partial charge in [0.2, 0.25) is 0 Å². The van der Waals surface area contributed by atoms with Crippen LogP contribution in [-0.4, -0.2) is 54.8 Å². The second-order valence-corrected chi connectivity index (χ2v) is 17.2. The molecule has 0 radical (unpaired) electrons. The van der Waals surface area contributed by atoms with Gasteiger partial charge in [-0.2, -0.15) is 0 Å². The molecule has 12 nitrogen and oxygen atoms in total. The molecule has 4 N–H and O–H groups in total. The zero-order chi connectivity index (χ0) is 43.0. The maximum absolute atomic E-state index is 13.6. The molecule has 8 aromatic rings. The fourth-order valence-corrected chi connectivity index (χ4v) is 8.32. The van der Waals surface area contributed by atoms with Crippen molar-refractivity contribution in [2.45, 2.75) is 59.1 Å². The molecule has 0 unspecified atom stereocenters. The van der Waals surface area contributed by atoms with E-state index in [0.29, 0.717) is 45.4 Å². The Hall–Kier alpha value is -6.90. The number of aromatic nitrogens is 6. The van der Waals surface area contributed by atoms with E-state index in [2.05, 4.69) is 68.9 Å². The summed E-state index contributed by atoms with van der Waals surface area (Å²) in [7, 11) is 0. The van der Waals surface area contributed by atoms with Crippen LogP contribution in [0, 0.1) is 0 Å². The average molecular weight is 857 g/mol. The van der Waals surface area contributed by atoms with Gasteiger partial charge in [0.1, 0.15) is 24.3 Å². The number of rotatable bonds is 15. The van der Waals surface area contributed by atoms with Crippen LogP contribution in [0.1, 0.15) is 71.6 Å². The molecule has 2 amide bonds. The fourth-order valence-electron chi connectivity index (χ4n) is 6.51. The van der Waals surface area contributed by atoms with Crippen LogP contribution >= 0.6 is 23.5 Å². The Morgan fingerprint density at radius 3 is 1.34 bits per heavy atom. The molecule has 0 saturated carbocycles. The molecule has 0 bridgehead atoms. The van der Waals surface area contributed by atoms with Crippen molar-refractivity contribution in [2.75, 3.05) is 23.7 Å². The third-order valence-corrected chi connectivity index (χ3v) is 12.0. The summed E-state index contributed by atoms with van der Waals surface area (Å²) in [6.07, 6.45) is 2.98. The zero-order valence-corrected chi connectivity index (χ0v) is 36.2. The van der Waals surface area contributed by atoms with E-state index in [0.717, 1.165) is 41.7 Å². The summed E-state index contributed by atoms with van der Waals surface area (Å²) in [5.74, 6) is 1.11. The first kappa shape index (κ1) is 41.8. The van der Waals surface area contributed by atoms with Crippen molar-refractivity contribution in [3.05, 3.63) is 156 Å². The number of nitrogens with zero attached hydrogens (tertiary/aromatic N) is 6. The molecular formula is C48H44N10O2S2. The molecule has 62 heavy (non-hydrogen) atoms. The van der Waals surface area contributed by atoms with Gasteiger partial charge < -0.3 is 21.3 Å². The predicted octanol–water partition coefficient (Wildman–Crippen LogP) is 10.6. The summed E-state index contributed by atoms with van der Waals surface area (Å²) in [4.78, 5) is 58.5. The van der Waals surface area contributed by atoms with E-state index in [1.807, 2.05) is 109 Å². The molecule has 0 aliphatic heterocycles. The third kappa shape index (κ3) is 9.99. The number of carbonyl (C=O) groups excluding carboxylic acids is 2. The largest absolute Gasteiger partial charge is 0.350 e. The van der Waals surface area contributed by atoms with Crippen LogP contribution in [0.5, 0.6) is 0 Å². The monoisotopic (exact) mass is 856 g/mol. The smallest absolute Gasteiger partial charge is 0.251 e. The molecule has 0 fully saturated rings. The van der Waals surface area contributed by atoms with Crippen molar-refractivity contribution in [3.63, 3.8) is 0 Å². The van der Waals surface area contributed by atoms with Gasteiger partial charge in [0, 0.05) is 55.2 Å². The molecule has 8 rings (SSSR count). The van der Waals surface area contributed by atoms with E-state index < -0.39 is 0 Å². The van der Waals surface area contributed by atoms with Gasteiger partial charge in [0.15, 0.2) is 11.3 Å². The number of hydrogen-bond donors (Lipinski definition) is 4. The SMILES string of the molecule is CC(C)c1ccc2c(Nc3cc(C(=O)NCCNC(=O)c4ccc(Sc5ccccc5)c(Nc5ncnc6nc(C(C)C)ccc56)c4)ccc3Sc3ccccc3)ncnc2n1. The maximum atomic E-state index is 13.6. The van der Waals surface area contributed by atoms with Crippen LogP contribution in [-0.2, 0) is 0 Å². The second-order valence-electron chi connectivity index (χ2n) is 15.0. The summed E-state index contributed by atoms with van der Waals surface area (Å²) in [6, 6.07) is 39.0. The molecule has 0 spiro atoms. The van der Waals surface area contributed by atoms with Crippen LogP contribution in [0.2, 0.25) is 0 Å². The number of fused-ring (bicyclic) bond motifs is 2. The molecular weight excluding hydrogens is 813 g/mol. The molecule has 4 aromatic carbocycles. The number of amides is 2. The second kappa shape index (κ2) is 19.2. The Morgan fingerprint density at radius 1 is 0.516 bits per heavy atom. The highest BCUT2D eigenvalue weighted by Gasteiger charge is 2.17. The van der Waals surface area contributed by atoms with E-state index in [1.165, 1.54) is 12.7 Å². The average Bonchev–Trinajstić information content (AvgIpc) is 3.29. The summed E-state index contributed by atoms with van der Waals surface area (Å²) in [5.41, 5.74) is 5.38. The molecule has 310 valence electrons. The van der Waals surface area contributed by atoms with E-state index in [9.17, 15) is 9.59 Å². The Labute approximate surface area is 368 Å². The van der Waals surface area contributed by atoms with Crippen LogP contribution in [0.3, 0.4) is 0 Å². The number of nitrogens with one attached hydrogen (secondary N) is 4. The van der Waals surface area contributed by atoms with Gasteiger partial charge in [-0.05, 0) is 96.8 Å². The maximum Gasteiger partial charge on any atom is 0.251 e. The molecule has 4 heterocycles. The summed E-state index contributed by atoms with van der Waals surface area (Å²) < 4.78 is 0. The minimum absolute atomic E-state index is 0.208. The van der Waals surface area contributed by atoms with Gasteiger partial charge in [-0.3, -0.25) is 9.59 Å². The first-order valence-corrected chi connectivity index (χ1v) is 21.9. The lowest BCUT2D eigenvalue weighted by Crippen LogP contribution is -2.34. The summed E-state index contributed by atoms with van der Waals surface area (Å²) >= 11 is 3.15. The van der Waals surface area contributed by atoms with E-state index in [4.69, 9.17) is 9.97 Å². The molecule has 4 aromatic heterocycles. The fraction of sp³-hybridized carbons (Fsp3) is 0.167. The van der Waals surface area contributed by atoms with Gasteiger partial charge in [-0.25, -0.2) is 29.9 Å². The van der Waals surface area contributed by atoms with Gasteiger partial charge in [-0.15, -0.1) is 0 Å².